The van der Waals surface area contributed by atoms with Crippen molar-refractivity contribution in [3.8, 4) is 5.75 Å². The number of likely N-dealkylation sites (N-methyl/N-ethyl adjacent to an activating group) is 1. The van der Waals surface area contributed by atoms with Gasteiger partial charge in [-0.3, -0.25) is 14.5 Å². The minimum atomic E-state index is -0.259. The molecule has 6 nitrogen and oxygen atoms in total. The van der Waals surface area contributed by atoms with E-state index in [1.165, 1.54) is 4.90 Å². The summed E-state index contributed by atoms with van der Waals surface area (Å²) in [5.41, 5.74) is 2.70. The summed E-state index contributed by atoms with van der Waals surface area (Å²) >= 11 is 0. The van der Waals surface area contributed by atoms with Crippen molar-refractivity contribution in [2.45, 2.75) is 39.8 Å². The lowest BCUT2D eigenvalue weighted by Crippen LogP contribution is -2.36. The maximum absolute atomic E-state index is 13.4. The summed E-state index contributed by atoms with van der Waals surface area (Å²) in [4.78, 5) is 30.2. The van der Waals surface area contributed by atoms with E-state index in [0.29, 0.717) is 43.9 Å². The number of amides is 2. The fourth-order valence-electron chi connectivity index (χ4n) is 3.81. The lowest BCUT2D eigenvalue weighted by Gasteiger charge is -2.25. The highest BCUT2D eigenvalue weighted by molar-refractivity contribution is 6.35. The lowest BCUT2D eigenvalue weighted by atomic mass is 10.0. The Hall–Kier alpha value is -3.12. The van der Waals surface area contributed by atoms with E-state index >= 15 is 0 Å². The molecule has 2 aromatic rings. The van der Waals surface area contributed by atoms with Gasteiger partial charge in [0.25, 0.3) is 11.8 Å². The lowest BCUT2D eigenvalue weighted by molar-refractivity contribution is -0.137. The summed E-state index contributed by atoms with van der Waals surface area (Å²) in [6.07, 6.45) is 0.656. The van der Waals surface area contributed by atoms with Crippen molar-refractivity contribution in [1.29, 1.82) is 0 Å². The van der Waals surface area contributed by atoms with Gasteiger partial charge in [0.15, 0.2) is 0 Å². The van der Waals surface area contributed by atoms with E-state index in [9.17, 15) is 9.59 Å². The van der Waals surface area contributed by atoms with Gasteiger partial charge in [-0.15, -0.1) is 0 Å². The molecule has 2 aromatic carbocycles. The van der Waals surface area contributed by atoms with Gasteiger partial charge in [0.05, 0.1) is 11.7 Å². The SMILES string of the molecule is CCN(Cc1ccccc1)C1=C(c2ccc(OC(C)C)cc2)C(=O)N(CCCOC)C1=O. The zero-order chi connectivity index (χ0) is 23.1. The van der Waals surface area contributed by atoms with E-state index < -0.39 is 0 Å². The van der Waals surface area contributed by atoms with Gasteiger partial charge in [-0.25, -0.2) is 0 Å². The molecule has 3 rings (SSSR count). The summed E-state index contributed by atoms with van der Waals surface area (Å²) in [6, 6.07) is 17.4. The van der Waals surface area contributed by atoms with Crippen LogP contribution in [0.4, 0.5) is 0 Å². The Morgan fingerprint density at radius 1 is 0.969 bits per heavy atom. The molecule has 32 heavy (non-hydrogen) atoms. The van der Waals surface area contributed by atoms with Crippen LogP contribution in [0.2, 0.25) is 0 Å². The summed E-state index contributed by atoms with van der Waals surface area (Å²) in [6.45, 7) is 7.91. The zero-order valence-electron chi connectivity index (χ0n) is 19.3. The third-order valence-electron chi connectivity index (χ3n) is 5.30. The Labute approximate surface area is 190 Å². The standard InChI is InChI=1S/C26H32N2O4/c1-5-27(18-20-10-7-6-8-11-20)24-23(21-12-14-22(15-13-21)32-19(2)3)25(29)28(26(24)30)16-9-17-31-4/h6-8,10-15,19H,5,9,16-18H2,1-4H3. The van der Waals surface area contributed by atoms with Crippen molar-refractivity contribution in [1.82, 2.24) is 9.80 Å². The first-order valence-electron chi connectivity index (χ1n) is 11.1. The number of benzene rings is 2. The number of carbonyl (C=O) groups excluding carboxylic acids is 2. The number of hydrogen-bond donors (Lipinski definition) is 0. The molecular weight excluding hydrogens is 404 g/mol. The van der Waals surface area contributed by atoms with E-state index in [-0.39, 0.29) is 17.9 Å². The van der Waals surface area contributed by atoms with Gasteiger partial charge in [0, 0.05) is 33.4 Å². The van der Waals surface area contributed by atoms with Gasteiger partial charge < -0.3 is 14.4 Å². The summed E-state index contributed by atoms with van der Waals surface area (Å²) in [7, 11) is 1.61. The molecular formula is C26H32N2O4. The van der Waals surface area contributed by atoms with Crippen LogP contribution in [0, 0.1) is 0 Å². The molecule has 0 radical (unpaired) electrons. The molecule has 1 aliphatic rings. The first-order chi connectivity index (χ1) is 15.5. The van der Waals surface area contributed by atoms with Gasteiger partial charge in [-0.05, 0) is 50.5 Å². The van der Waals surface area contributed by atoms with Crippen molar-refractivity contribution < 1.29 is 19.1 Å². The second-order valence-corrected chi connectivity index (χ2v) is 8.02. The van der Waals surface area contributed by atoms with Crippen LogP contribution < -0.4 is 4.74 Å². The van der Waals surface area contributed by atoms with Gasteiger partial charge >= 0.3 is 0 Å². The van der Waals surface area contributed by atoms with Crippen LogP contribution in [0.25, 0.3) is 5.57 Å². The van der Waals surface area contributed by atoms with E-state index in [1.54, 1.807) is 7.11 Å². The maximum atomic E-state index is 13.4. The Morgan fingerprint density at radius 2 is 1.66 bits per heavy atom. The number of carbonyl (C=O) groups is 2. The molecule has 0 N–H and O–H groups in total. The molecule has 0 atom stereocenters. The smallest absolute Gasteiger partial charge is 0.277 e. The molecule has 170 valence electrons. The summed E-state index contributed by atoms with van der Waals surface area (Å²) in [5.74, 6) is 0.225. The molecule has 1 aliphatic heterocycles. The highest BCUT2D eigenvalue weighted by Gasteiger charge is 2.40. The van der Waals surface area contributed by atoms with Crippen LogP contribution in [-0.2, 0) is 20.9 Å². The fraction of sp³-hybridized carbons (Fsp3) is 0.385. The van der Waals surface area contributed by atoms with Gasteiger partial charge in [0.2, 0.25) is 0 Å². The van der Waals surface area contributed by atoms with Crippen LogP contribution in [0.5, 0.6) is 5.75 Å². The number of hydrogen-bond acceptors (Lipinski definition) is 5. The van der Waals surface area contributed by atoms with Gasteiger partial charge in [0.1, 0.15) is 11.4 Å². The summed E-state index contributed by atoms with van der Waals surface area (Å²) < 4.78 is 10.9. The van der Waals surface area contributed by atoms with Crippen molar-refractivity contribution in [2.75, 3.05) is 26.8 Å². The van der Waals surface area contributed by atoms with Crippen molar-refractivity contribution in [3.63, 3.8) is 0 Å². The molecule has 1 heterocycles. The summed E-state index contributed by atoms with van der Waals surface area (Å²) in [5, 5.41) is 0. The number of rotatable bonds is 11. The topological polar surface area (TPSA) is 59.1 Å². The van der Waals surface area contributed by atoms with Crippen LogP contribution >= 0.6 is 0 Å². The molecule has 0 aromatic heterocycles. The van der Waals surface area contributed by atoms with Crippen LogP contribution in [0.15, 0.2) is 60.3 Å². The first kappa shape index (κ1) is 23.5. The Morgan fingerprint density at radius 3 is 2.25 bits per heavy atom. The normalized spacial score (nSPS) is 14.0. The average Bonchev–Trinajstić information content (AvgIpc) is 3.03. The molecule has 0 bridgehead atoms. The quantitative estimate of drug-likeness (QED) is 0.392. The highest BCUT2D eigenvalue weighted by Crippen LogP contribution is 2.33. The molecule has 0 unspecified atom stereocenters. The molecule has 0 fully saturated rings. The van der Waals surface area contributed by atoms with Gasteiger partial charge in [-0.1, -0.05) is 42.5 Å². The molecule has 0 spiro atoms. The maximum Gasteiger partial charge on any atom is 0.277 e. The largest absolute Gasteiger partial charge is 0.491 e. The molecule has 0 aliphatic carbocycles. The average molecular weight is 437 g/mol. The molecule has 6 heteroatoms. The van der Waals surface area contributed by atoms with E-state index in [2.05, 4.69) is 0 Å². The van der Waals surface area contributed by atoms with Crippen LogP contribution in [0.1, 0.15) is 38.3 Å². The van der Waals surface area contributed by atoms with Crippen molar-refractivity contribution >= 4 is 17.4 Å². The predicted octanol–water partition coefficient (Wildman–Crippen LogP) is 4.11. The monoisotopic (exact) mass is 436 g/mol. The number of imide groups is 1. The Kier molecular flexibility index (Phi) is 8.06. The predicted molar refractivity (Wildman–Crippen MR) is 125 cm³/mol. The molecule has 0 saturated carbocycles. The third kappa shape index (κ3) is 5.37. The molecule has 0 saturated heterocycles. The second-order valence-electron chi connectivity index (χ2n) is 8.02. The van der Waals surface area contributed by atoms with E-state index in [0.717, 1.165) is 16.9 Å². The minimum absolute atomic E-state index is 0.0584. The fourth-order valence-corrected chi connectivity index (χ4v) is 3.81. The number of nitrogens with zero attached hydrogens (tertiary/aromatic N) is 2. The zero-order valence-corrected chi connectivity index (χ0v) is 19.3. The highest BCUT2D eigenvalue weighted by atomic mass is 16.5. The second kappa shape index (κ2) is 11.0. The van der Waals surface area contributed by atoms with E-state index in [1.807, 2.05) is 80.3 Å². The molecule has 2 amide bonds. The Bertz CT molecular complexity index is 952. The third-order valence-corrected chi connectivity index (χ3v) is 5.30. The Balaban J connectivity index is 1.99. The van der Waals surface area contributed by atoms with Crippen LogP contribution in [0.3, 0.4) is 0 Å². The van der Waals surface area contributed by atoms with Crippen LogP contribution in [-0.4, -0.2) is 54.5 Å². The van der Waals surface area contributed by atoms with Gasteiger partial charge in [-0.2, -0.15) is 0 Å². The minimum Gasteiger partial charge on any atom is -0.491 e. The van der Waals surface area contributed by atoms with Crippen molar-refractivity contribution in [3.05, 3.63) is 71.4 Å². The van der Waals surface area contributed by atoms with E-state index in [4.69, 9.17) is 9.47 Å². The number of ether oxygens (including phenoxy) is 2. The van der Waals surface area contributed by atoms with Crippen molar-refractivity contribution in [2.24, 2.45) is 0 Å². The first-order valence-corrected chi connectivity index (χ1v) is 11.1. The number of methoxy groups -OCH3 is 1.